The third-order valence-corrected chi connectivity index (χ3v) is 2.94. The van der Waals surface area contributed by atoms with Crippen molar-refractivity contribution in [2.45, 2.75) is 19.9 Å². The summed E-state index contributed by atoms with van der Waals surface area (Å²) in [5.41, 5.74) is 2.02. The van der Waals surface area contributed by atoms with Gasteiger partial charge in [-0.3, -0.25) is 0 Å². The number of nitrogens with zero attached hydrogens (tertiary/aromatic N) is 5. The fourth-order valence-corrected chi connectivity index (χ4v) is 2.04. The summed E-state index contributed by atoms with van der Waals surface area (Å²) < 4.78 is 3.90. The summed E-state index contributed by atoms with van der Waals surface area (Å²) in [5, 5.41) is 12.5. The minimum absolute atomic E-state index is 0.865. The molecule has 0 atom stereocenters. The van der Waals surface area contributed by atoms with Gasteiger partial charge in [-0.2, -0.15) is 5.10 Å². The zero-order chi connectivity index (χ0) is 13.1. The maximum absolute atomic E-state index is 4.38. The van der Waals surface area contributed by atoms with E-state index in [1.54, 1.807) is 6.33 Å². The van der Waals surface area contributed by atoms with Crippen LogP contribution in [0.5, 0.6) is 0 Å². The molecule has 0 unspecified atom stereocenters. The van der Waals surface area contributed by atoms with Gasteiger partial charge in [-0.1, -0.05) is 25.1 Å². The van der Waals surface area contributed by atoms with E-state index in [0.29, 0.717) is 0 Å². The highest BCUT2D eigenvalue weighted by atomic mass is 15.3. The topological polar surface area (TPSA) is 48.5 Å². The number of hydrogen-bond donors (Lipinski definition) is 0. The van der Waals surface area contributed by atoms with Gasteiger partial charge in [0.2, 0.25) is 0 Å². The minimum atomic E-state index is 0.865. The van der Waals surface area contributed by atoms with Gasteiger partial charge < -0.3 is 4.57 Å². The van der Waals surface area contributed by atoms with Gasteiger partial charge in [-0.15, -0.1) is 10.2 Å². The molecular formula is C14H15N5. The smallest absolute Gasteiger partial charge is 0.166 e. The van der Waals surface area contributed by atoms with Crippen molar-refractivity contribution >= 4 is 0 Å². The third-order valence-electron chi connectivity index (χ3n) is 2.94. The first-order chi connectivity index (χ1) is 9.38. The van der Waals surface area contributed by atoms with Gasteiger partial charge in [0.15, 0.2) is 5.82 Å². The van der Waals surface area contributed by atoms with Crippen LogP contribution in [-0.2, 0) is 6.54 Å². The predicted molar refractivity (Wildman–Crippen MR) is 72.9 cm³/mol. The van der Waals surface area contributed by atoms with Crippen molar-refractivity contribution in [2.24, 2.45) is 0 Å². The molecule has 0 radical (unpaired) electrons. The van der Waals surface area contributed by atoms with Gasteiger partial charge in [0, 0.05) is 12.7 Å². The summed E-state index contributed by atoms with van der Waals surface area (Å²) in [6.07, 6.45) is 6.62. The van der Waals surface area contributed by atoms with Crippen molar-refractivity contribution in [3.63, 3.8) is 0 Å². The molecule has 0 spiro atoms. The second-order valence-corrected chi connectivity index (χ2v) is 4.36. The summed E-state index contributed by atoms with van der Waals surface area (Å²) in [6, 6.07) is 10.0. The Bertz CT molecular complexity index is 653. The molecule has 2 aromatic heterocycles. The quantitative estimate of drug-likeness (QED) is 0.718. The Hall–Kier alpha value is -2.43. The molecule has 3 aromatic rings. The fraction of sp³-hybridized carbons (Fsp3) is 0.214. The van der Waals surface area contributed by atoms with Crippen LogP contribution in [0.1, 0.15) is 13.3 Å². The lowest BCUT2D eigenvalue weighted by molar-refractivity contribution is 0.683. The Morgan fingerprint density at radius 1 is 1.16 bits per heavy atom. The molecule has 5 nitrogen and oxygen atoms in total. The number of rotatable bonds is 4. The number of para-hydroxylation sites is 1. The van der Waals surface area contributed by atoms with Crippen LogP contribution >= 0.6 is 0 Å². The maximum atomic E-state index is 4.38. The molecule has 0 fully saturated rings. The van der Waals surface area contributed by atoms with E-state index in [1.165, 1.54) is 0 Å². The highest BCUT2D eigenvalue weighted by Crippen LogP contribution is 2.17. The lowest BCUT2D eigenvalue weighted by atomic mass is 10.3. The van der Waals surface area contributed by atoms with E-state index < -0.39 is 0 Å². The fourth-order valence-electron chi connectivity index (χ4n) is 2.04. The summed E-state index contributed by atoms with van der Waals surface area (Å²) in [7, 11) is 0. The van der Waals surface area contributed by atoms with Gasteiger partial charge in [0.05, 0.1) is 17.4 Å². The molecule has 19 heavy (non-hydrogen) atoms. The molecule has 0 amide bonds. The molecule has 2 heterocycles. The van der Waals surface area contributed by atoms with E-state index in [9.17, 15) is 0 Å². The lowest BCUT2D eigenvalue weighted by Crippen LogP contribution is -1.97. The predicted octanol–water partition coefficient (Wildman–Crippen LogP) is 2.54. The summed E-state index contributed by atoms with van der Waals surface area (Å²) in [6.45, 7) is 3.05. The van der Waals surface area contributed by atoms with Crippen molar-refractivity contribution in [1.29, 1.82) is 0 Å². The van der Waals surface area contributed by atoms with Gasteiger partial charge in [-0.25, -0.2) is 4.68 Å². The van der Waals surface area contributed by atoms with Gasteiger partial charge in [0.1, 0.15) is 6.33 Å². The second-order valence-electron chi connectivity index (χ2n) is 4.36. The van der Waals surface area contributed by atoms with E-state index in [1.807, 2.05) is 52.0 Å². The Balaban J connectivity index is 1.95. The average Bonchev–Trinajstić information content (AvgIpc) is 3.08. The van der Waals surface area contributed by atoms with Gasteiger partial charge in [-0.05, 0) is 18.6 Å². The number of hydrogen-bond acceptors (Lipinski definition) is 3. The highest BCUT2D eigenvalue weighted by molar-refractivity contribution is 5.53. The Labute approximate surface area is 111 Å². The first kappa shape index (κ1) is 11.6. The standard InChI is InChI=1S/C14H15N5/c1-2-8-18-11-15-17-14(18)12-9-16-19(10-12)13-6-4-3-5-7-13/h3-7,9-11H,2,8H2,1H3. The first-order valence-electron chi connectivity index (χ1n) is 6.36. The van der Waals surface area contributed by atoms with Crippen LogP contribution in [0.15, 0.2) is 49.1 Å². The molecule has 0 bridgehead atoms. The number of benzene rings is 1. The molecule has 5 heteroatoms. The average molecular weight is 253 g/mol. The van der Waals surface area contributed by atoms with Crippen LogP contribution in [0.3, 0.4) is 0 Å². The Morgan fingerprint density at radius 3 is 2.79 bits per heavy atom. The number of aromatic nitrogens is 5. The van der Waals surface area contributed by atoms with Crippen LogP contribution in [0.25, 0.3) is 17.1 Å². The van der Waals surface area contributed by atoms with Gasteiger partial charge in [0.25, 0.3) is 0 Å². The van der Waals surface area contributed by atoms with Crippen molar-refractivity contribution in [1.82, 2.24) is 24.5 Å². The van der Waals surface area contributed by atoms with Crippen LogP contribution < -0.4 is 0 Å². The maximum Gasteiger partial charge on any atom is 0.166 e. The molecule has 3 rings (SSSR count). The van der Waals surface area contributed by atoms with E-state index in [2.05, 4.69) is 22.2 Å². The zero-order valence-corrected chi connectivity index (χ0v) is 10.8. The molecule has 0 aliphatic carbocycles. The minimum Gasteiger partial charge on any atom is -0.314 e. The number of aryl methyl sites for hydroxylation is 1. The summed E-state index contributed by atoms with van der Waals surface area (Å²) in [4.78, 5) is 0. The van der Waals surface area contributed by atoms with E-state index >= 15 is 0 Å². The van der Waals surface area contributed by atoms with Gasteiger partial charge >= 0.3 is 0 Å². The van der Waals surface area contributed by atoms with Crippen LogP contribution in [0.2, 0.25) is 0 Å². The zero-order valence-electron chi connectivity index (χ0n) is 10.8. The monoisotopic (exact) mass is 253 g/mol. The van der Waals surface area contributed by atoms with Crippen molar-refractivity contribution in [2.75, 3.05) is 0 Å². The second kappa shape index (κ2) is 5.06. The van der Waals surface area contributed by atoms with Crippen LogP contribution in [0, 0.1) is 0 Å². The molecule has 96 valence electrons. The SMILES string of the molecule is CCCn1cnnc1-c1cnn(-c2ccccc2)c1. The highest BCUT2D eigenvalue weighted by Gasteiger charge is 2.09. The molecular weight excluding hydrogens is 238 g/mol. The largest absolute Gasteiger partial charge is 0.314 e. The Morgan fingerprint density at radius 2 is 2.00 bits per heavy atom. The van der Waals surface area contributed by atoms with E-state index in [0.717, 1.165) is 30.0 Å². The molecule has 0 aliphatic heterocycles. The lowest BCUT2D eigenvalue weighted by Gasteiger charge is -2.02. The van der Waals surface area contributed by atoms with E-state index in [-0.39, 0.29) is 0 Å². The normalized spacial score (nSPS) is 10.8. The summed E-state index contributed by atoms with van der Waals surface area (Å²) >= 11 is 0. The first-order valence-corrected chi connectivity index (χ1v) is 6.36. The Kier molecular flexibility index (Phi) is 3.10. The van der Waals surface area contributed by atoms with Crippen molar-refractivity contribution in [3.8, 4) is 17.1 Å². The van der Waals surface area contributed by atoms with Crippen molar-refractivity contribution in [3.05, 3.63) is 49.1 Å². The van der Waals surface area contributed by atoms with Crippen LogP contribution in [0.4, 0.5) is 0 Å². The third kappa shape index (κ3) is 2.27. The molecule has 0 N–H and O–H groups in total. The van der Waals surface area contributed by atoms with E-state index in [4.69, 9.17) is 0 Å². The summed E-state index contributed by atoms with van der Waals surface area (Å²) in [5.74, 6) is 0.865. The molecule has 1 aromatic carbocycles. The van der Waals surface area contributed by atoms with Crippen molar-refractivity contribution < 1.29 is 0 Å². The molecule has 0 aliphatic rings. The molecule has 0 saturated heterocycles. The van der Waals surface area contributed by atoms with Crippen LogP contribution in [-0.4, -0.2) is 24.5 Å². The molecule has 0 saturated carbocycles.